The number of rotatable bonds is 7. The van der Waals surface area contributed by atoms with Crippen molar-refractivity contribution in [1.82, 2.24) is 0 Å². The maximum atomic E-state index is 13.5. The number of alkyl halides is 6. The summed E-state index contributed by atoms with van der Waals surface area (Å²) in [5, 5.41) is 0.987. The average molecular weight is 630 g/mol. The Bertz CT molecular complexity index is 1530. The van der Waals surface area contributed by atoms with Gasteiger partial charge in [-0.15, -0.1) is 0 Å². The van der Waals surface area contributed by atoms with E-state index in [1.807, 2.05) is 0 Å². The van der Waals surface area contributed by atoms with Gasteiger partial charge >= 0.3 is 12.4 Å². The fourth-order valence-electron chi connectivity index (χ4n) is 3.14. The van der Waals surface area contributed by atoms with E-state index in [2.05, 4.69) is 0 Å². The molecule has 39 heavy (non-hydrogen) atoms. The largest absolute Gasteiger partial charge is 0.416 e. The van der Waals surface area contributed by atoms with E-state index in [1.165, 1.54) is 48.5 Å². The van der Waals surface area contributed by atoms with Crippen LogP contribution in [0.15, 0.2) is 77.5 Å². The lowest BCUT2D eigenvalue weighted by atomic mass is 10.1. The molecule has 3 rings (SSSR count). The molecule has 5 nitrogen and oxygen atoms in total. The third-order valence-corrected chi connectivity index (χ3v) is 8.83. The Hall–Kier alpha value is -3.00. The summed E-state index contributed by atoms with van der Waals surface area (Å²) in [6, 6.07) is 10.8. The van der Waals surface area contributed by atoms with Crippen molar-refractivity contribution in [3.05, 3.63) is 110 Å². The molecular weight excluding hydrogens is 615 g/mol. The lowest BCUT2D eigenvalue weighted by Crippen LogP contribution is -2.34. The van der Waals surface area contributed by atoms with Crippen LogP contribution in [0, 0.1) is 0 Å². The molecule has 0 N–H and O–H groups in total. The van der Waals surface area contributed by atoms with Gasteiger partial charge in [-0.2, -0.15) is 30.1 Å². The summed E-state index contributed by atoms with van der Waals surface area (Å²) in [7, 11) is -10.5. The zero-order chi connectivity index (χ0) is 29.2. The van der Waals surface area contributed by atoms with Crippen LogP contribution in [0.1, 0.15) is 22.3 Å². The minimum Gasteiger partial charge on any atom is -0.201 e. The fraction of sp³-hybridized carbons (Fsp3) is 0.0833. The standard InChI is InChI=1S/C24H15Cl2F6NO4S2/c25-20-5-1-3-16(11-20)7-9-38(34,35)33(39(36,37)10-8-17-4-2-6-21(26)12-17)22-14-18(23(27,28)29)13-19(15-22)24(30,31)32/h1-15H/b9-7+,10-8+. The van der Waals surface area contributed by atoms with E-state index in [1.54, 1.807) is 0 Å². The van der Waals surface area contributed by atoms with Crippen LogP contribution in [-0.4, -0.2) is 16.8 Å². The first kappa shape index (κ1) is 30.5. The molecule has 208 valence electrons. The molecule has 0 atom stereocenters. The van der Waals surface area contributed by atoms with Gasteiger partial charge in [0.1, 0.15) is 0 Å². The van der Waals surface area contributed by atoms with Crippen molar-refractivity contribution in [3.8, 4) is 0 Å². The predicted octanol–water partition coefficient (Wildman–Crippen LogP) is 7.84. The highest BCUT2D eigenvalue weighted by atomic mass is 35.5. The molecule has 3 aromatic rings. The summed E-state index contributed by atoms with van der Waals surface area (Å²) in [5.74, 6) is 0. The van der Waals surface area contributed by atoms with Gasteiger partial charge in [-0.05, 0) is 65.7 Å². The van der Waals surface area contributed by atoms with Gasteiger partial charge in [-0.3, -0.25) is 0 Å². The molecular formula is C24H15Cl2F6NO4S2. The van der Waals surface area contributed by atoms with Crippen molar-refractivity contribution in [2.75, 3.05) is 3.71 Å². The van der Waals surface area contributed by atoms with Crippen LogP contribution in [0.25, 0.3) is 12.2 Å². The molecule has 3 aromatic carbocycles. The van der Waals surface area contributed by atoms with E-state index in [-0.39, 0.29) is 39.4 Å². The van der Waals surface area contributed by atoms with Crippen LogP contribution in [-0.2, 0) is 32.4 Å². The van der Waals surface area contributed by atoms with Crippen molar-refractivity contribution < 1.29 is 43.2 Å². The number of hydrogen-bond donors (Lipinski definition) is 0. The van der Waals surface area contributed by atoms with Gasteiger partial charge in [0.05, 0.1) is 27.6 Å². The van der Waals surface area contributed by atoms with Crippen molar-refractivity contribution in [3.63, 3.8) is 0 Å². The average Bonchev–Trinajstić information content (AvgIpc) is 2.80. The molecule has 0 aromatic heterocycles. The number of halogens is 8. The summed E-state index contributed by atoms with van der Waals surface area (Å²) < 4.78 is 133. The van der Waals surface area contributed by atoms with Gasteiger partial charge in [0.15, 0.2) is 0 Å². The van der Waals surface area contributed by atoms with Gasteiger partial charge < -0.3 is 0 Å². The SMILES string of the molecule is O=S(=O)(/C=C/c1cccc(Cl)c1)N(c1cc(C(F)(F)F)cc(C(F)(F)F)c1)S(=O)(=O)/C=C/c1cccc(Cl)c1. The second-order valence-corrected chi connectivity index (χ2v) is 12.2. The fourth-order valence-corrected chi connectivity index (χ4v) is 6.67. The molecule has 0 heterocycles. The van der Waals surface area contributed by atoms with Gasteiger partial charge in [0.2, 0.25) is 0 Å². The summed E-state index contributed by atoms with van der Waals surface area (Å²) in [5.41, 5.74) is -4.94. The first-order valence-corrected chi connectivity index (χ1v) is 14.1. The first-order valence-electron chi connectivity index (χ1n) is 10.4. The Balaban J connectivity index is 2.26. The highest BCUT2D eigenvalue weighted by Crippen LogP contribution is 2.40. The molecule has 0 aliphatic heterocycles. The summed E-state index contributed by atoms with van der Waals surface area (Å²) >= 11 is 11.7. The zero-order valence-electron chi connectivity index (χ0n) is 19.1. The molecule has 0 aliphatic carbocycles. The van der Waals surface area contributed by atoms with Crippen LogP contribution in [0.5, 0.6) is 0 Å². The summed E-state index contributed by atoms with van der Waals surface area (Å²) in [6.07, 6.45) is -8.99. The predicted molar refractivity (Wildman–Crippen MR) is 138 cm³/mol. The molecule has 0 saturated carbocycles. The topological polar surface area (TPSA) is 71.5 Å². The van der Waals surface area contributed by atoms with Crippen molar-refractivity contribution in [2.45, 2.75) is 12.4 Å². The van der Waals surface area contributed by atoms with Crippen LogP contribution >= 0.6 is 23.2 Å². The van der Waals surface area contributed by atoms with Gasteiger partial charge in [0, 0.05) is 10.0 Å². The number of sulfonamides is 2. The van der Waals surface area contributed by atoms with E-state index in [9.17, 15) is 43.2 Å². The molecule has 0 amide bonds. The van der Waals surface area contributed by atoms with E-state index < -0.39 is 52.9 Å². The summed E-state index contributed by atoms with van der Waals surface area (Å²) in [6.45, 7) is 0. The highest BCUT2D eigenvalue weighted by molar-refractivity contribution is 8.12. The zero-order valence-corrected chi connectivity index (χ0v) is 22.2. The molecule has 0 aliphatic rings. The quantitative estimate of drug-likeness (QED) is 0.250. The molecule has 0 bridgehead atoms. The molecule has 0 radical (unpaired) electrons. The third-order valence-electron chi connectivity index (χ3n) is 4.81. The van der Waals surface area contributed by atoms with Crippen molar-refractivity contribution in [2.24, 2.45) is 0 Å². The Kier molecular flexibility index (Phi) is 8.80. The molecule has 0 unspecified atom stereocenters. The van der Waals surface area contributed by atoms with Crippen molar-refractivity contribution >= 4 is 61.1 Å². The minimum absolute atomic E-state index is 0.00914. The van der Waals surface area contributed by atoms with E-state index in [0.717, 1.165) is 12.2 Å². The Morgan fingerprint density at radius 1 is 0.615 bits per heavy atom. The van der Waals surface area contributed by atoms with E-state index in [4.69, 9.17) is 23.2 Å². The van der Waals surface area contributed by atoms with Gasteiger partial charge in [0.25, 0.3) is 20.0 Å². The van der Waals surface area contributed by atoms with Crippen LogP contribution in [0.4, 0.5) is 32.0 Å². The number of benzene rings is 3. The lowest BCUT2D eigenvalue weighted by molar-refractivity contribution is -0.143. The Morgan fingerprint density at radius 2 is 1.00 bits per heavy atom. The Morgan fingerprint density at radius 3 is 1.33 bits per heavy atom. The monoisotopic (exact) mass is 629 g/mol. The molecule has 0 saturated heterocycles. The Labute approximate surface area is 229 Å². The van der Waals surface area contributed by atoms with Gasteiger partial charge in [-0.1, -0.05) is 47.5 Å². The lowest BCUT2D eigenvalue weighted by Gasteiger charge is -2.23. The van der Waals surface area contributed by atoms with E-state index >= 15 is 0 Å². The summed E-state index contributed by atoms with van der Waals surface area (Å²) in [4.78, 5) is 0. The van der Waals surface area contributed by atoms with E-state index in [0.29, 0.717) is 10.8 Å². The first-order chi connectivity index (χ1) is 17.9. The number of hydrogen-bond acceptors (Lipinski definition) is 4. The number of nitrogens with zero attached hydrogens (tertiary/aromatic N) is 1. The van der Waals surface area contributed by atoms with Crippen LogP contribution < -0.4 is 3.71 Å². The smallest absolute Gasteiger partial charge is 0.201 e. The highest BCUT2D eigenvalue weighted by Gasteiger charge is 2.40. The molecule has 0 fully saturated rings. The normalized spacial score (nSPS) is 13.3. The maximum absolute atomic E-state index is 13.5. The number of anilines is 1. The second-order valence-electron chi connectivity index (χ2n) is 7.77. The second kappa shape index (κ2) is 11.2. The third kappa shape index (κ3) is 8.01. The van der Waals surface area contributed by atoms with Gasteiger partial charge in [-0.25, -0.2) is 16.8 Å². The van der Waals surface area contributed by atoms with Crippen LogP contribution in [0.3, 0.4) is 0 Å². The van der Waals surface area contributed by atoms with Crippen LogP contribution in [0.2, 0.25) is 10.0 Å². The minimum atomic E-state index is -5.37. The van der Waals surface area contributed by atoms with Crippen molar-refractivity contribution in [1.29, 1.82) is 0 Å². The maximum Gasteiger partial charge on any atom is 0.416 e. The molecule has 15 heteroatoms. The molecule has 0 spiro atoms.